The largest absolute Gasteiger partial charge is 0.756 e. The Bertz CT molecular complexity index is 3930. The number of ether oxygens (including phenoxy) is 5. The smallest absolute Gasteiger partial charge is 0.478 e. The van der Waals surface area contributed by atoms with Gasteiger partial charge in [-0.2, -0.15) is 0 Å². The zero-order chi connectivity index (χ0) is 67.2. The topological polar surface area (TPSA) is 300 Å². The molecule has 23 nitrogen and oxygen atoms in total. The first-order valence-electron chi connectivity index (χ1n) is 31.0. The third-order valence-electron chi connectivity index (χ3n) is 16.3. The number of fused-ring (bicyclic) bond motifs is 4. The number of alkyl carbamates (subject to hydrolysis) is 1. The van der Waals surface area contributed by atoms with E-state index in [0.717, 1.165) is 111 Å². The van der Waals surface area contributed by atoms with Crippen molar-refractivity contribution in [1.82, 2.24) is 15.2 Å². The Morgan fingerprint density at radius 1 is 0.862 bits per heavy atom. The summed E-state index contributed by atoms with van der Waals surface area (Å²) < 4.78 is 85.9. The van der Waals surface area contributed by atoms with E-state index in [4.69, 9.17) is 28.2 Å². The monoisotopic (exact) mass is 1430 g/mol. The second-order valence-corrected chi connectivity index (χ2v) is 35.7. The fourth-order valence-corrected chi connectivity index (χ4v) is 19.6. The summed E-state index contributed by atoms with van der Waals surface area (Å²) in [4.78, 5) is 74.0. The molecule has 4 aromatic rings. The number of carbonyl (C=O) groups is 3. The molecular formula is C64H79N4O19P3S4. The summed E-state index contributed by atoms with van der Waals surface area (Å²) in [6.45, 7) is 18.0. The van der Waals surface area contributed by atoms with E-state index in [-0.39, 0.29) is 48.1 Å². The highest BCUT2D eigenvalue weighted by Crippen LogP contribution is 2.65. The zero-order valence-corrected chi connectivity index (χ0v) is 59.2. The molecule has 508 valence electrons. The molecule has 5 N–H and O–H groups in total. The molecule has 1 fully saturated rings. The van der Waals surface area contributed by atoms with Gasteiger partial charge in [0.1, 0.15) is 55.8 Å². The number of carboxylic acid groups (broad SMARTS) is 1. The molecule has 1 saturated heterocycles. The van der Waals surface area contributed by atoms with Gasteiger partial charge in [-0.15, -0.1) is 0 Å². The molecule has 10 rings (SSSR count). The van der Waals surface area contributed by atoms with Gasteiger partial charge in [-0.3, -0.25) is 18.4 Å². The maximum atomic E-state index is 13.7. The van der Waals surface area contributed by atoms with Crippen LogP contribution >= 0.6 is 66.6 Å². The van der Waals surface area contributed by atoms with E-state index in [0.29, 0.717) is 42.6 Å². The summed E-state index contributed by atoms with van der Waals surface area (Å²) in [5.41, 5.74) is 10.7. The number of nitrogens with one attached hydrogen (secondary N) is 2. The van der Waals surface area contributed by atoms with E-state index in [2.05, 4.69) is 63.8 Å². The highest BCUT2D eigenvalue weighted by atomic mass is 33.1. The number of aryl methyl sites for hydroxylation is 2. The number of carbonyl (C=O) groups excluding carboxylic acids is 2. The summed E-state index contributed by atoms with van der Waals surface area (Å²) in [6, 6.07) is 16.7. The Hall–Kier alpha value is -4.65. The van der Waals surface area contributed by atoms with Gasteiger partial charge in [0.2, 0.25) is 5.36 Å². The predicted molar refractivity (Wildman–Crippen MR) is 362 cm³/mol. The average molecular weight is 1430 g/mol. The fraction of sp³-hybridized carbons (Fsp3) is 0.500. The molecule has 0 radical (unpaired) electrons. The lowest BCUT2D eigenvalue weighted by atomic mass is 9.81. The van der Waals surface area contributed by atoms with Crippen LogP contribution in [0.5, 0.6) is 11.5 Å². The van der Waals surface area contributed by atoms with Gasteiger partial charge in [0, 0.05) is 106 Å². The van der Waals surface area contributed by atoms with Gasteiger partial charge in [-0.25, -0.2) is 31.9 Å². The van der Waals surface area contributed by atoms with Crippen molar-refractivity contribution in [1.29, 1.82) is 0 Å². The van der Waals surface area contributed by atoms with Crippen molar-refractivity contribution in [3.05, 3.63) is 133 Å². The summed E-state index contributed by atoms with van der Waals surface area (Å²) >= 11 is 0. The Morgan fingerprint density at radius 3 is 2.36 bits per heavy atom. The van der Waals surface area contributed by atoms with Gasteiger partial charge in [-0.1, -0.05) is 101 Å². The van der Waals surface area contributed by atoms with Crippen LogP contribution in [-0.2, 0) is 76.0 Å². The van der Waals surface area contributed by atoms with Crippen LogP contribution in [0.1, 0.15) is 144 Å². The Morgan fingerprint density at radius 2 is 1.60 bits per heavy atom. The Labute approximate surface area is 562 Å². The van der Waals surface area contributed by atoms with E-state index in [1.807, 2.05) is 52.8 Å². The molecule has 0 aliphatic carbocycles. The number of benzene rings is 4. The van der Waals surface area contributed by atoms with E-state index in [1.54, 1.807) is 29.0 Å². The third kappa shape index (κ3) is 18.6. The molecule has 6 aliphatic rings. The maximum absolute atomic E-state index is 13.7. The molecule has 0 spiro atoms. The Balaban J connectivity index is 0.667. The molecule has 0 saturated carbocycles. The zero-order valence-electron chi connectivity index (χ0n) is 53.2. The summed E-state index contributed by atoms with van der Waals surface area (Å²) in [5, 5.41) is 18.8. The van der Waals surface area contributed by atoms with Gasteiger partial charge < -0.3 is 59.0 Å². The quantitative estimate of drug-likeness (QED) is 0.00591. The van der Waals surface area contributed by atoms with Crippen LogP contribution in [0.25, 0.3) is 5.57 Å². The molecule has 6 heterocycles. The van der Waals surface area contributed by atoms with Crippen LogP contribution in [0.2, 0.25) is 0 Å². The Kier molecular flexibility index (Phi) is 23.8. The highest BCUT2D eigenvalue weighted by Gasteiger charge is 2.42. The van der Waals surface area contributed by atoms with E-state index in [1.165, 1.54) is 71.7 Å². The molecule has 0 bridgehead atoms. The van der Waals surface area contributed by atoms with Crippen molar-refractivity contribution in [3.8, 4) is 23.3 Å². The lowest BCUT2D eigenvalue weighted by Crippen LogP contribution is -2.45. The number of hydrogen-bond acceptors (Lipinski definition) is 21. The van der Waals surface area contributed by atoms with E-state index >= 15 is 0 Å². The van der Waals surface area contributed by atoms with Crippen LogP contribution in [0.3, 0.4) is 0 Å². The lowest BCUT2D eigenvalue weighted by molar-refractivity contribution is -0.211. The second-order valence-electron chi connectivity index (χ2n) is 25.0. The number of carboxylic acids is 1. The van der Waals surface area contributed by atoms with E-state index in [9.17, 15) is 47.9 Å². The number of anilines is 1. The predicted octanol–water partition coefficient (Wildman–Crippen LogP) is 10.1. The third-order valence-corrected chi connectivity index (χ3v) is 26.4. The van der Waals surface area contributed by atoms with E-state index < -0.39 is 71.1 Å². The van der Waals surface area contributed by atoms with Crippen LogP contribution in [0.4, 0.5) is 10.5 Å². The van der Waals surface area contributed by atoms with Crippen LogP contribution in [0, 0.1) is 11.8 Å². The summed E-state index contributed by atoms with van der Waals surface area (Å²) in [5.74, 6) is 6.68. The molecule has 6 aliphatic heterocycles. The molecule has 30 heteroatoms. The highest BCUT2D eigenvalue weighted by molar-refractivity contribution is 8.77. The lowest BCUT2D eigenvalue weighted by Gasteiger charge is -2.39. The number of phosphoric acid groups is 3. The molecular weight excluding hydrogens is 1350 g/mol. The number of phosphoric ester groups is 2. The molecule has 94 heavy (non-hydrogen) atoms. The molecule has 0 aromatic heterocycles. The first-order chi connectivity index (χ1) is 44.7. The SMILES string of the molecule is C=C(CCNC(=O)c1ccc(C2=c3cc4c5c(c3Oc3c2cc2c6c3CCCN6CCC2)CCC[N+]=5CCC4)c(C(=O)O)c1)COC(=O)NCC(C)(C)SSCOCC#Cc1cccc([C@H]2CC(OCSSC(C)(C)C)[C@@H](COP(=O)(O)OP(=O)([O-])OP(=O)(O)OC)O2)c1. The number of rotatable bonds is 28. The van der Waals surface area contributed by atoms with Crippen LogP contribution in [-0.4, -0.2) is 133 Å². The minimum absolute atomic E-state index is 0.0327. The van der Waals surface area contributed by atoms with Crippen molar-refractivity contribution in [2.45, 2.75) is 127 Å². The second kappa shape index (κ2) is 31.0. The molecule has 4 aromatic carbocycles. The standard InChI is InChI=1S/C64H79N4O19P3S4/c1-40(23-24-65-60(69)45-21-22-46(49(33-45)61(70)71)55-50-31-43-17-9-25-67-27-11-19-47(56(43)67)58(50)85-59-48-20-12-28-68-26-10-18-44(57(48)68)32-51(55)59)35-81-62(72)66-37-64(5,6)94-91-38-80-29-13-15-41-14-8-16-42(30-41)52-34-53(82-39-92-93-63(2,3)4)54(84-52)36-83-89(75,76)87-90(77,78)86-88(73,74)79-7/h8,14,16,21-22,30-33,52-54H,1,9-12,17-20,23-29,34-39H2,2-7H3,(H5-,65,66,69,70,71,72,73,74,75,76,77,78)/t52-,53?,54-/m1/s1. The summed E-state index contributed by atoms with van der Waals surface area (Å²) in [6.07, 6.45) is 5.51. The normalized spacial score (nSPS) is 19.9. The first kappa shape index (κ1) is 72.1. The average Bonchev–Trinajstić information content (AvgIpc) is 0.792. The maximum Gasteiger partial charge on any atom is 0.478 e. The molecule has 4 unspecified atom stereocenters. The number of hydrogen-bond donors (Lipinski definition) is 5. The van der Waals surface area contributed by atoms with Crippen molar-refractivity contribution in [2.24, 2.45) is 0 Å². The van der Waals surface area contributed by atoms with Crippen molar-refractivity contribution in [2.75, 3.05) is 83.0 Å². The number of nitrogens with zero attached hydrogens (tertiary/aromatic N) is 2. The number of amides is 2. The minimum Gasteiger partial charge on any atom is -0.756 e. The fourth-order valence-electron chi connectivity index (χ4n) is 12.3. The van der Waals surface area contributed by atoms with Gasteiger partial charge in [0.25, 0.3) is 13.7 Å². The van der Waals surface area contributed by atoms with Crippen LogP contribution in [0.15, 0.2) is 66.7 Å². The number of aromatic carboxylic acids is 1. The van der Waals surface area contributed by atoms with Gasteiger partial charge in [-0.05, 0) is 117 Å². The van der Waals surface area contributed by atoms with Gasteiger partial charge in [0.15, 0.2) is 0 Å². The van der Waals surface area contributed by atoms with Crippen molar-refractivity contribution >= 4 is 95.9 Å². The summed E-state index contributed by atoms with van der Waals surface area (Å²) in [7, 11) is -9.74. The first-order valence-corrected chi connectivity index (χ1v) is 40.1. The van der Waals surface area contributed by atoms with Gasteiger partial charge in [0.05, 0.1) is 29.9 Å². The molecule has 2 amide bonds. The molecule has 6 atom stereocenters. The van der Waals surface area contributed by atoms with Crippen LogP contribution < -0.4 is 40.3 Å². The minimum atomic E-state index is -5.86. The van der Waals surface area contributed by atoms with Crippen molar-refractivity contribution in [3.63, 3.8) is 0 Å². The van der Waals surface area contributed by atoms with Gasteiger partial charge >= 0.3 is 27.7 Å². The van der Waals surface area contributed by atoms with Crippen molar-refractivity contribution < 1.29 is 89.2 Å².